The Labute approximate surface area is 164 Å². The fourth-order valence-corrected chi connectivity index (χ4v) is 3.68. The van der Waals surface area contributed by atoms with Gasteiger partial charge in [0.25, 0.3) is 0 Å². The number of aryl methyl sites for hydroxylation is 1. The Bertz CT molecular complexity index is 1110. The van der Waals surface area contributed by atoms with E-state index in [1.165, 1.54) is 11.1 Å². The maximum Gasteiger partial charge on any atom is 0.178 e. The highest BCUT2D eigenvalue weighted by Crippen LogP contribution is 2.44. The van der Waals surface area contributed by atoms with Crippen LogP contribution in [0.15, 0.2) is 91.1 Å². The number of fused-ring (bicyclic) bond motifs is 1. The fourth-order valence-electron chi connectivity index (χ4n) is 3.68. The van der Waals surface area contributed by atoms with E-state index in [1.807, 2.05) is 25.3 Å². The lowest BCUT2D eigenvalue weighted by Gasteiger charge is -2.23. The first kappa shape index (κ1) is 16.5. The molecular weight excluding hydrogens is 344 g/mol. The Kier molecular flexibility index (Phi) is 4.02. The van der Waals surface area contributed by atoms with Crippen LogP contribution in [0.1, 0.15) is 5.69 Å². The van der Waals surface area contributed by atoms with Crippen LogP contribution in [0.4, 0.5) is 23.0 Å². The van der Waals surface area contributed by atoms with Crippen molar-refractivity contribution in [2.45, 2.75) is 6.92 Å². The second kappa shape index (κ2) is 6.82. The number of benzene rings is 3. The predicted molar refractivity (Wildman–Crippen MR) is 114 cm³/mol. The molecule has 1 aromatic heterocycles. The molecule has 4 aromatic rings. The van der Waals surface area contributed by atoms with E-state index in [2.05, 4.69) is 82.6 Å². The summed E-state index contributed by atoms with van der Waals surface area (Å²) in [5.41, 5.74) is 5.54. The van der Waals surface area contributed by atoms with Gasteiger partial charge < -0.3 is 9.80 Å². The number of para-hydroxylation sites is 2. The number of rotatable bonds is 3. The van der Waals surface area contributed by atoms with Crippen LogP contribution in [0, 0.1) is 6.92 Å². The summed E-state index contributed by atoms with van der Waals surface area (Å²) in [7, 11) is 0. The normalized spacial score (nSPS) is 12.9. The topological polar surface area (TPSA) is 32.3 Å². The van der Waals surface area contributed by atoms with E-state index in [4.69, 9.17) is 9.97 Å². The SMILES string of the molecule is Cc1cnc2c(n1)N(c1ccccc1-c1ccccc1)CN2c1ccccc1. The second-order valence-corrected chi connectivity index (χ2v) is 6.87. The largest absolute Gasteiger partial charge is 0.305 e. The third-order valence-electron chi connectivity index (χ3n) is 5.00. The van der Waals surface area contributed by atoms with Crippen molar-refractivity contribution in [2.24, 2.45) is 0 Å². The summed E-state index contributed by atoms with van der Waals surface area (Å²) in [5.74, 6) is 1.78. The molecule has 2 heterocycles. The van der Waals surface area contributed by atoms with Crippen LogP contribution in [0.2, 0.25) is 0 Å². The molecule has 0 unspecified atom stereocenters. The Morgan fingerprint density at radius 2 is 1.39 bits per heavy atom. The van der Waals surface area contributed by atoms with Crippen molar-refractivity contribution >= 4 is 23.0 Å². The van der Waals surface area contributed by atoms with Gasteiger partial charge in [-0.05, 0) is 30.7 Å². The molecule has 0 aliphatic carbocycles. The minimum Gasteiger partial charge on any atom is -0.305 e. The standard InChI is InChI=1S/C24H20N4/c1-18-16-25-23-24(26-18)28(17-27(23)20-12-6-3-7-13-20)22-15-9-8-14-21(22)19-10-4-2-5-11-19/h2-16H,17H2,1H3. The highest BCUT2D eigenvalue weighted by atomic mass is 15.4. The van der Waals surface area contributed by atoms with Crippen LogP contribution < -0.4 is 9.80 Å². The van der Waals surface area contributed by atoms with Crippen LogP contribution in [0.5, 0.6) is 0 Å². The molecule has 0 saturated heterocycles. The minimum absolute atomic E-state index is 0.673. The average molecular weight is 364 g/mol. The summed E-state index contributed by atoms with van der Waals surface area (Å²) in [6.07, 6.45) is 1.83. The van der Waals surface area contributed by atoms with Crippen LogP contribution in [0.3, 0.4) is 0 Å². The molecule has 0 radical (unpaired) electrons. The molecule has 0 amide bonds. The molecule has 0 atom stereocenters. The number of nitrogens with zero attached hydrogens (tertiary/aromatic N) is 4. The van der Waals surface area contributed by atoms with Gasteiger partial charge in [-0.25, -0.2) is 9.97 Å². The lowest BCUT2D eigenvalue weighted by Crippen LogP contribution is -2.24. The zero-order chi connectivity index (χ0) is 18.9. The number of hydrogen-bond acceptors (Lipinski definition) is 4. The summed E-state index contributed by atoms with van der Waals surface area (Å²) in [6.45, 7) is 2.66. The van der Waals surface area contributed by atoms with E-state index >= 15 is 0 Å². The summed E-state index contributed by atoms with van der Waals surface area (Å²) >= 11 is 0. The molecule has 4 heteroatoms. The third kappa shape index (κ3) is 2.79. The van der Waals surface area contributed by atoms with Crippen molar-refractivity contribution in [3.63, 3.8) is 0 Å². The first-order chi connectivity index (χ1) is 13.8. The van der Waals surface area contributed by atoms with Gasteiger partial charge in [0.15, 0.2) is 11.6 Å². The number of aromatic nitrogens is 2. The molecule has 3 aromatic carbocycles. The molecule has 28 heavy (non-hydrogen) atoms. The predicted octanol–water partition coefficient (Wildman–Crippen LogP) is 5.70. The van der Waals surface area contributed by atoms with Gasteiger partial charge in [0, 0.05) is 11.3 Å². The van der Waals surface area contributed by atoms with E-state index in [9.17, 15) is 0 Å². The average Bonchev–Trinajstić information content (AvgIpc) is 3.13. The summed E-state index contributed by atoms with van der Waals surface area (Å²) in [6, 6.07) is 29.3. The smallest absolute Gasteiger partial charge is 0.178 e. The van der Waals surface area contributed by atoms with Gasteiger partial charge in [-0.3, -0.25) is 0 Å². The first-order valence-electron chi connectivity index (χ1n) is 9.39. The van der Waals surface area contributed by atoms with E-state index in [0.717, 1.165) is 28.7 Å². The van der Waals surface area contributed by atoms with Crippen molar-refractivity contribution in [2.75, 3.05) is 16.5 Å². The van der Waals surface area contributed by atoms with Crippen LogP contribution in [-0.4, -0.2) is 16.6 Å². The van der Waals surface area contributed by atoms with Gasteiger partial charge in [-0.2, -0.15) is 0 Å². The maximum absolute atomic E-state index is 4.84. The van der Waals surface area contributed by atoms with Crippen molar-refractivity contribution in [3.8, 4) is 11.1 Å². The Morgan fingerprint density at radius 1 is 0.714 bits per heavy atom. The van der Waals surface area contributed by atoms with Crippen molar-refractivity contribution < 1.29 is 0 Å². The highest BCUT2D eigenvalue weighted by molar-refractivity contribution is 5.88. The first-order valence-corrected chi connectivity index (χ1v) is 9.39. The molecule has 0 N–H and O–H groups in total. The Balaban J connectivity index is 1.66. The van der Waals surface area contributed by atoms with Crippen molar-refractivity contribution in [1.29, 1.82) is 0 Å². The lowest BCUT2D eigenvalue weighted by atomic mass is 10.0. The quantitative estimate of drug-likeness (QED) is 0.467. The molecule has 136 valence electrons. The fraction of sp³-hybridized carbons (Fsp3) is 0.0833. The molecule has 4 nitrogen and oxygen atoms in total. The van der Waals surface area contributed by atoms with Crippen LogP contribution in [0.25, 0.3) is 11.1 Å². The number of anilines is 4. The van der Waals surface area contributed by atoms with E-state index < -0.39 is 0 Å². The molecule has 0 bridgehead atoms. The minimum atomic E-state index is 0.673. The van der Waals surface area contributed by atoms with Gasteiger partial charge in [-0.1, -0.05) is 66.7 Å². The second-order valence-electron chi connectivity index (χ2n) is 6.87. The summed E-state index contributed by atoms with van der Waals surface area (Å²) in [5, 5.41) is 0. The highest BCUT2D eigenvalue weighted by Gasteiger charge is 2.32. The molecule has 0 spiro atoms. The van der Waals surface area contributed by atoms with E-state index in [0.29, 0.717) is 6.67 Å². The van der Waals surface area contributed by atoms with Gasteiger partial charge in [0.2, 0.25) is 0 Å². The summed E-state index contributed by atoms with van der Waals surface area (Å²) < 4.78 is 0. The van der Waals surface area contributed by atoms with Gasteiger partial charge >= 0.3 is 0 Å². The van der Waals surface area contributed by atoms with Crippen LogP contribution in [-0.2, 0) is 0 Å². The molecule has 0 fully saturated rings. The van der Waals surface area contributed by atoms with E-state index in [-0.39, 0.29) is 0 Å². The molecule has 1 aliphatic heterocycles. The Morgan fingerprint density at radius 3 is 2.18 bits per heavy atom. The van der Waals surface area contributed by atoms with Gasteiger partial charge in [0.1, 0.15) is 6.67 Å². The Hall–Kier alpha value is -3.66. The number of hydrogen-bond donors (Lipinski definition) is 0. The molecular formula is C24H20N4. The monoisotopic (exact) mass is 364 g/mol. The van der Waals surface area contributed by atoms with Crippen molar-refractivity contribution in [1.82, 2.24) is 9.97 Å². The lowest BCUT2D eigenvalue weighted by molar-refractivity contribution is 0.976. The third-order valence-corrected chi connectivity index (χ3v) is 5.00. The van der Waals surface area contributed by atoms with Gasteiger partial charge in [0.05, 0.1) is 17.6 Å². The molecule has 5 rings (SSSR count). The van der Waals surface area contributed by atoms with Crippen molar-refractivity contribution in [3.05, 3.63) is 96.8 Å². The zero-order valence-electron chi connectivity index (χ0n) is 15.7. The summed E-state index contributed by atoms with van der Waals surface area (Å²) in [4.78, 5) is 14.0. The van der Waals surface area contributed by atoms with Gasteiger partial charge in [-0.15, -0.1) is 0 Å². The maximum atomic E-state index is 4.84. The van der Waals surface area contributed by atoms with Crippen LogP contribution >= 0.6 is 0 Å². The molecule has 0 saturated carbocycles. The molecule has 1 aliphatic rings. The van der Waals surface area contributed by atoms with E-state index in [1.54, 1.807) is 0 Å². The zero-order valence-corrected chi connectivity index (χ0v) is 15.7.